The van der Waals surface area contributed by atoms with Gasteiger partial charge in [0.25, 0.3) is 0 Å². The Labute approximate surface area is 141 Å². The molecule has 0 bridgehead atoms. The van der Waals surface area contributed by atoms with Crippen molar-refractivity contribution in [3.8, 4) is 0 Å². The Morgan fingerprint density at radius 3 is 2.30 bits per heavy atom. The number of nitrogens with zero attached hydrogens (tertiary/aromatic N) is 3. The molecule has 0 unspecified atom stereocenters. The number of pyridine rings is 1. The first-order valence-corrected chi connectivity index (χ1v) is 8.27. The number of hydrogen-bond acceptors (Lipinski definition) is 3. The molecule has 0 aliphatic carbocycles. The molecular weight excluding hydrogens is 310 g/mol. The lowest BCUT2D eigenvalue weighted by Gasteiger charge is -2.36. The lowest BCUT2D eigenvalue weighted by Crippen LogP contribution is -2.48. The lowest BCUT2D eigenvalue weighted by molar-refractivity contribution is -0.131. The van der Waals surface area contributed by atoms with E-state index in [4.69, 9.17) is 11.6 Å². The molecular formula is C18H20ClN3O. The standard InChI is InChI=1S/C18H20ClN3O/c19-16-2-4-17(5-3-16)21-11-13-22(14-12-21)18(23)6-1-15-7-9-20-10-8-15/h2-5,7-10H,1,6,11-14H2. The number of halogens is 1. The summed E-state index contributed by atoms with van der Waals surface area (Å²) in [6, 6.07) is 11.8. The van der Waals surface area contributed by atoms with Gasteiger partial charge in [0.2, 0.25) is 5.91 Å². The summed E-state index contributed by atoms with van der Waals surface area (Å²) in [7, 11) is 0. The molecule has 1 aromatic heterocycles. The lowest BCUT2D eigenvalue weighted by atomic mass is 10.1. The largest absolute Gasteiger partial charge is 0.368 e. The summed E-state index contributed by atoms with van der Waals surface area (Å²) in [5.74, 6) is 0.234. The second-order valence-electron chi connectivity index (χ2n) is 5.70. The minimum atomic E-state index is 0.234. The van der Waals surface area contributed by atoms with Crippen molar-refractivity contribution < 1.29 is 4.79 Å². The number of carbonyl (C=O) groups excluding carboxylic acids is 1. The van der Waals surface area contributed by atoms with Crippen LogP contribution in [0.4, 0.5) is 5.69 Å². The summed E-state index contributed by atoms with van der Waals surface area (Å²) in [5, 5.41) is 0.749. The van der Waals surface area contributed by atoms with Gasteiger partial charge in [-0.05, 0) is 48.4 Å². The third-order valence-corrected chi connectivity index (χ3v) is 4.45. The molecule has 0 radical (unpaired) electrons. The number of carbonyl (C=O) groups is 1. The molecule has 1 saturated heterocycles. The highest BCUT2D eigenvalue weighted by Gasteiger charge is 2.20. The molecule has 3 rings (SSSR count). The molecule has 0 saturated carbocycles. The average molecular weight is 330 g/mol. The molecule has 5 heteroatoms. The zero-order chi connectivity index (χ0) is 16.1. The van der Waals surface area contributed by atoms with Gasteiger partial charge in [-0.1, -0.05) is 11.6 Å². The van der Waals surface area contributed by atoms with Gasteiger partial charge < -0.3 is 9.80 Å². The van der Waals surface area contributed by atoms with Crippen LogP contribution in [0.25, 0.3) is 0 Å². The number of amides is 1. The number of benzene rings is 1. The van der Waals surface area contributed by atoms with Gasteiger partial charge in [-0.3, -0.25) is 9.78 Å². The van der Waals surface area contributed by atoms with Crippen molar-refractivity contribution in [1.82, 2.24) is 9.88 Å². The molecule has 1 aromatic carbocycles. The maximum atomic E-state index is 12.3. The molecule has 0 N–H and O–H groups in total. The summed E-state index contributed by atoms with van der Waals surface area (Å²) < 4.78 is 0. The second-order valence-corrected chi connectivity index (χ2v) is 6.14. The first kappa shape index (κ1) is 15.8. The van der Waals surface area contributed by atoms with Crippen LogP contribution in [0.5, 0.6) is 0 Å². The van der Waals surface area contributed by atoms with E-state index < -0.39 is 0 Å². The number of aryl methyl sites for hydroxylation is 1. The van der Waals surface area contributed by atoms with Crippen molar-refractivity contribution in [2.24, 2.45) is 0 Å². The van der Waals surface area contributed by atoms with Crippen molar-refractivity contribution >= 4 is 23.2 Å². The average Bonchev–Trinajstić information content (AvgIpc) is 2.61. The molecule has 1 fully saturated rings. The highest BCUT2D eigenvalue weighted by atomic mass is 35.5. The minimum absolute atomic E-state index is 0.234. The summed E-state index contributed by atoms with van der Waals surface area (Å²) >= 11 is 5.93. The number of hydrogen-bond donors (Lipinski definition) is 0. The van der Waals surface area contributed by atoms with Gasteiger partial charge in [-0.2, -0.15) is 0 Å². The van der Waals surface area contributed by atoms with Gasteiger partial charge in [0.05, 0.1) is 0 Å². The van der Waals surface area contributed by atoms with E-state index in [0.29, 0.717) is 6.42 Å². The number of aromatic nitrogens is 1. The quantitative estimate of drug-likeness (QED) is 0.865. The first-order valence-electron chi connectivity index (χ1n) is 7.89. The Morgan fingerprint density at radius 2 is 1.65 bits per heavy atom. The molecule has 1 aliphatic rings. The van der Waals surface area contributed by atoms with Crippen LogP contribution in [0, 0.1) is 0 Å². The maximum Gasteiger partial charge on any atom is 0.223 e. The van der Waals surface area contributed by atoms with E-state index in [1.807, 2.05) is 41.3 Å². The molecule has 0 spiro atoms. The monoisotopic (exact) mass is 329 g/mol. The molecule has 0 atom stereocenters. The molecule has 2 heterocycles. The normalized spacial score (nSPS) is 14.8. The number of piperazine rings is 1. The van der Waals surface area contributed by atoms with Crippen LogP contribution >= 0.6 is 11.6 Å². The van der Waals surface area contributed by atoms with Crippen LogP contribution in [0.2, 0.25) is 5.02 Å². The Bertz CT molecular complexity index is 637. The molecule has 120 valence electrons. The SMILES string of the molecule is O=C(CCc1ccncc1)N1CCN(c2ccc(Cl)cc2)CC1. The molecule has 23 heavy (non-hydrogen) atoms. The predicted molar refractivity (Wildman–Crippen MR) is 92.8 cm³/mol. The summed E-state index contributed by atoms with van der Waals surface area (Å²) in [4.78, 5) is 20.6. The third-order valence-electron chi connectivity index (χ3n) is 4.20. The van der Waals surface area contributed by atoms with Gasteiger partial charge in [0, 0.05) is 55.7 Å². The van der Waals surface area contributed by atoms with Crippen molar-refractivity contribution in [2.45, 2.75) is 12.8 Å². The Hall–Kier alpha value is -2.07. The van der Waals surface area contributed by atoms with E-state index in [2.05, 4.69) is 9.88 Å². The molecule has 4 nitrogen and oxygen atoms in total. The van der Waals surface area contributed by atoms with E-state index in [1.165, 1.54) is 5.69 Å². The molecule has 2 aromatic rings. The summed E-state index contributed by atoms with van der Waals surface area (Å²) in [5.41, 5.74) is 2.33. The van der Waals surface area contributed by atoms with Crippen LogP contribution < -0.4 is 4.90 Å². The fourth-order valence-corrected chi connectivity index (χ4v) is 2.95. The Kier molecular flexibility index (Phi) is 5.13. The zero-order valence-corrected chi connectivity index (χ0v) is 13.7. The summed E-state index contributed by atoms with van der Waals surface area (Å²) in [6.45, 7) is 3.28. The van der Waals surface area contributed by atoms with E-state index in [9.17, 15) is 4.79 Å². The van der Waals surface area contributed by atoms with Crippen LogP contribution in [-0.2, 0) is 11.2 Å². The second kappa shape index (κ2) is 7.47. The van der Waals surface area contributed by atoms with E-state index >= 15 is 0 Å². The van der Waals surface area contributed by atoms with Gasteiger partial charge in [0.15, 0.2) is 0 Å². The maximum absolute atomic E-state index is 12.3. The van der Waals surface area contributed by atoms with Crippen LogP contribution in [-0.4, -0.2) is 42.0 Å². The van der Waals surface area contributed by atoms with Crippen molar-refractivity contribution in [3.05, 3.63) is 59.4 Å². The third kappa shape index (κ3) is 4.23. The zero-order valence-electron chi connectivity index (χ0n) is 13.0. The fraction of sp³-hybridized carbons (Fsp3) is 0.333. The Balaban J connectivity index is 1.48. The fourth-order valence-electron chi connectivity index (χ4n) is 2.82. The Morgan fingerprint density at radius 1 is 1.00 bits per heavy atom. The van der Waals surface area contributed by atoms with Crippen LogP contribution in [0.3, 0.4) is 0 Å². The van der Waals surface area contributed by atoms with E-state index in [1.54, 1.807) is 12.4 Å². The smallest absolute Gasteiger partial charge is 0.223 e. The summed E-state index contributed by atoms with van der Waals surface area (Å²) in [6.07, 6.45) is 4.87. The van der Waals surface area contributed by atoms with E-state index in [-0.39, 0.29) is 5.91 Å². The number of anilines is 1. The van der Waals surface area contributed by atoms with Crippen molar-refractivity contribution in [3.63, 3.8) is 0 Å². The first-order chi connectivity index (χ1) is 11.2. The minimum Gasteiger partial charge on any atom is -0.368 e. The van der Waals surface area contributed by atoms with E-state index in [0.717, 1.165) is 43.2 Å². The van der Waals surface area contributed by atoms with Gasteiger partial charge in [-0.15, -0.1) is 0 Å². The van der Waals surface area contributed by atoms with Gasteiger partial charge in [0.1, 0.15) is 0 Å². The number of rotatable bonds is 4. The predicted octanol–water partition coefficient (Wildman–Crippen LogP) is 3.02. The highest BCUT2D eigenvalue weighted by molar-refractivity contribution is 6.30. The topological polar surface area (TPSA) is 36.4 Å². The van der Waals surface area contributed by atoms with Crippen molar-refractivity contribution in [1.29, 1.82) is 0 Å². The van der Waals surface area contributed by atoms with Gasteiger partial charge in [-0.25, -0.2) is 0 Å². The van der Waals surface area contributed by atoms with Crippen molar-refractivity contribution in [2.75, 3.05) is 31.1 Å². The van der Waals surface area contributed by atoms with Crippen LogP contribution in [0.1, 0.15) is 12.0 Å². The van der Waals surface area contributed by atoms with Gasteiger partial charge >= 0.3 is 0 Å². The molecule has 1 aliphatic heterocycles. The molecule has 1 amide bonds. The van der Waals surface area contributed by atoms with Crippen LogP contribution in [0.15, 0.2) is 48.8 Å². The highest BCUT2D eigenvalue weighted by Crippen LogP contribution is 2.19.